The maximum atomic E-state index is 12.3. The fraction of sp³-hybridized carbons (Fsp3) is 0.760. The maximum Gasteiger partial charge on any atom is 0.573 e. The van der Waals surface area contributed by atoms with Gasteiger partial charge in [-0.15, -0.1) is 13.2 Å². The van der Waals surface area contributed by atoms with E-state index in [0.29, 0.717) is 5.92 Å². The van der Waals surface area contributed by atoms with Crippen LogP contribution in [-0.4, -0.2) is 6.36 Å². The van der Waals surface area contributed by atoms with E-state index in [9.17, 15) is 13.2 Å². The van der Waals surface area contributed by atoms with Gasteiger partial charge in [-0.25, -0.2) is 0 Å². The molecule has 0 spiro atoms. The van der Waals surface area contributed by atoms with Crippen LogP contribution in [0.2, 0.25) is 0 Å². The summed E-state index contributed by atoms with van der Waals surface area (Å²) in [5, 5.41) is 0. The third-order valence-electron chi connectivity index (χ3n) is 8.06. The van der Waals surface area contributed by atoms with Gasteiger partial charge in [0.05, 0.1) is 0 Å². The molecule has 3 fully saturated rings. The van der Waals surface area contributed by atoms with Gasteiger partial charge in [0.1, 0.15) is 5.75 Å². The van der Waals surface area contributed by atoms with Gasteiger partial charge in [0.2, 0.25) is 0 Å². The van der Waals surface area contributed by atoms with Crippen molar-refractivity contribution < 1.29 is 17.9 Å². The Kier molecular flexibility index (Phi) is 6.76. The van der Waals surface area contributed by atoms with Crippen LogP contribution in [0.5, 0.6) is 5.75 Å². The molecule has 4 rings (SSSR count). The van der Waals surface area contributed by atoms with Gasteiger partial charge < -0.3 is 4.74 Å². The smallest absolute Gasteiger partial charge is 0.406 e. The Morgan fingerprint density at radius 2 is 1.21 bits per heavy atom. The van der Waals surface area contributed by atoms with Crippen LogP contribution in [0.4, 0.5) is 13.2 Å². The summed E-state index contributed by atoms with van der Waals surface area (Å²) in [7, 11) is 0. The third kappa shape index (κ3) is 5.92. The highest BCUT2D eigenvalue weighted by Gasteiger charge is 2.33. The molecular formula is C25H35F3O. The highest BCUT2D eigenvalue weighted by molar-refractivity contribution is 5.29. The van der Waals surface area contributed by atoms with E-state index in [1.54, 1.807) is 0 Å². The lowest BCUT2D eigenvalue weighted by Gasteiger charge is -2.38. The molecule has 0 unspecified atom stereocenters. The van der Waals surface area contributed by atoms with Gasteiger partial charge in [0.25, 0.3) is 0 Å². The predicted molar refractivity (Wildman–Crippen MR) is 110 cm³/mol. The Morgan fingerprint density at radius 3 is 1.76 bits per heavy atom. The summed E-state index contributed by atoms with van der Waals surface area (Å²) in [6, 6.07) is 6.56. The molecule has 0 bridgehead atoms. The van der Waals surface area contributed by atoms with Crippen molar-refractivity contribution in [1.82, 2.24) is 0 Å². The zero-order valence-electron chi connectivity index (χ0n) is 17.4. The van der Waals surface area contributed by atoms with Crippen LogP contribution in [0.1, 0.15) is 95.0 Å². The maximum absolute atomic E-state index is 12.3. The molecular weight excluding hydrogens is 373 g/mol. The van der Waals surface area contributed by atoms with E-state index in [-0.39, 0.29) is 5.75 Å². The van der Waals surface area contributed by atoms with Crippen LogP contribution < -0.4 is 4.74 Å². The minimum Gasteiger partial charge on any atom is -0.406 e. The van der Waals surface area contributed by atoms with Crippen molar-refractivity contribution in [2.24, 2.45) is 23.7 Å². The second-order valence-electron chi connectivity index (χ2n) is 9.90. The zero-order valence-corrected chi connectivity index (χ0v) is 17.4. The van der Waals surface area contributed by atoms with Crippen molar-refractivity contribution in [1.29, 1.82) is 0 Å². The van der Waals surface area contributed by atoms with E-state index in [0.717, 1.165) is 23.7 Å². The summed E-state index contributed by atoms with van der Waals surface area (Å²) < 4.78 is 40.9. The van der Waals surface area contributed by atoms with E-state index >= 15 is 0 Å². The Balaban J connectivity index is 1.20. The molecule has 1 nitrogen and oxygen atoms in total. The number of ether oxygens (including phenoxy) is 1. The number of hydrogen-bond donors (Lipinski definition) is 0. The lowest BCUT2D eigenvalue weighted by Crippen LogP contribution is -2.26. The second kappa shape index (κ2) is 9.31. The van der Waals surface area contributed by atoms with Crippen LogP contribution >= 0.6 is 0 Å². The molecule has 3 saturated carbocycles. The molecule has 1 aromatic carbocycles. The molecule has 0 N–H and O–H groups in total. The molecule has 1 aromatic rings. The van der Waals surface area contributed by atoms with Crippen molar-refractivity contribution >= 4 is 0 Å². The topological polar surface area (TPSA) is 9.23 Å². The van der Waals surface area contributed by atoms with Gasteiger partial charge in [-0.3, -0.25) is 0 Å². The summed E-state index contributed by atoms with van der Waals surface area (Å²) in [6.45, 7) is 0. The first-order chi connectivity index (χ1) is 14.0. The van der Waals surface area contributed by atoms with Crippen LogP contribution in [0, 0.1) is 23.7 Å². The number of halogens is 3. The van der Waals surface area contributed by atoms with Gasteiger partial charge in [-0.1, -0.05) is 50.7 Å². The van der Waals surface area contributed by atoms with Gasteiger partial charge in [-0.05, 0) is 92.2 Å². The molecule has 4 heteroatoms. The molecule has 0 saturated heterocycles. The van der Waals surface area contributed by atoms with Gasteiger partial charge >= 0.3 is 6.36 Å². The first kappa shape index (κ1) is 21.1. The summed E-state index contributed by atoms with van der Waals surface area (Å²) in [6.07, 6.45) is 13.4. The van der Waals surface area contributed by atoms with Crippen molar-refractivity contribution in [3.8, 4) is 5.75 Å². The molecule has 0 atom stereocenters. The monoisotopic (exact) mass is 408 g/mol. The van der Waals surface area contributed by atoms with Crippen molar-refractivity contribution in [2.45, 2.75) is 95.8 Å². The minimum absolute atomic E-state index is 0.121. The molecule has 0 heterocycles. The summed E-state index contributed by atoms with van der Waals surface area (Å²) in [5.74, 6) is 4.17. The first-order valence-electron chi connectivity index (χ1n) is 11.8. The quantitative estimate of drug-likeness (QED) is 0.476. The Morgan fingerprint density at radius 1 is 0.690 bits per heavy atom. The average molecular weight is 409 g/mol. The number of benzene rings is 1. The van der Waals surface area contributed by atoms with E-state index in [1.165, 1.54) is 101 Å². The van der Waals surface area contributed by atoms with Crippen LogP contribution in [0.25, 0.3) is 0 Å². The fourth-order valence-electron chi connectivity index (χ4n) is 6.48. The van der Waals surface area contributed by atoms with E-state index in [1.807, 2.05) is 12.1 Å². The minimum atomic E-state index is -4.62. The van der Waals surface area contributed by atoms with Crippen LogP contribution in [-0.2, 0) is 0 Å². The SMILES string of the molecule is FC(F)(F)Oc1ccc(C2CCC(C3CCC(CC4CCCC4)CC3)CC2)cc1. The summed E-state index contributed by atoms with van der Waals surface area (Å²) in [5.41, 5.74) is 1.17. The molecule has 29 heavy (non-hydrogen) atoms. The molecule has 0 radical (unpaired) electrons. The zero-order chi connectivity index (χ0) is 20.3. The van der Waals surface area contributed by atoms with Gasteiger partial charge in [0, 0.05) is 0 Å². The predicted octanol–water partition coefficient (Wildman–Crippen LogP) is 8.25. The van der Waals surface area contributed by atoms with E-state index in [4.69, 9.17) is 0 Å². The van der Waals surface area contributed by atoms with Crippen molar-refractivity contribution in [2.75, 3.05) is 0 Å². The molecule has 3 aliphatic carbocycles. The molecule has 3 aliphatic rings. The van der Waals surface area contributed by atoms with Gasteiger partial charge in [-0.2, -0.15) is 0 Å². The standard InChI is InChI=1S/C25H35F3O/c26-25(27,28)29-24-15-13-23(14-16-24)22-11-9-21(10-12-22)20-7-5-19(6-8-20)17-18-3-1-2-4-18/h13-16,18-22H,1-12,17H2. The Bertz CT molecular complexity index is 616. The van der Waals surface area contributed by atoms with Crippen LogP contribution in [0.3, 0.4) is 0 Å². The van der Waals surface area contributed by atoms with E-state index < -0.39 is 6.36 Å². The number of alkyl halides is 3. The van der Waals surface area contributed by atoms with E-state index in [2.05, 4.69) is 4.74 Å². The number of rotatable bonds is 5. The lowest BCUT2D eigenvalue weighted by atomic mass is 9.67. The fourth-order valence-corrected chi connectivity index (χ4v) is 6.48. The molecule has 162 valence electrons. The normalized spacial score (nSPS) is 31.7. The second-order valence-corrected chi connectivity index (χ2v) is 9.90. The average Bonchev–Trinajstić information content (AvgIpc) is 3.21. The summed E-state index contributed by atoms with van der Waals surface area (Å²) in [4.78, 5) is 0. The molecule has 0 aliphatic heterocycles. The lowest BCUT2D eigenvalue weighted by molar-refractivity contribution is -0.274. The Labute approximate surface area is 173 Å². The first-order valence-corrected chi connectivity index (χ1v) is 11.8. The van der Waals surface area contributed by atoms with Crippen molar-refractivity contribution in [3.05, 3.63) is 29.8 Å². The van der Waals surface area contributed by atoms with Gasteiger partial charge in [0.15, 0.2) is 0 Å². The Hall–Kier alpha value is -1.19. The number of hydrogen-bond acceptors (Lipinski definition) is 1. The highest BCUT2D eigenvalue weighted by Crippen LogP contribution is 2.45. The molecule has 0 aromatic heterocycles. The van der Waals surface area contributed by atoms with Crippen molar-refractivity contribution in [3.63, 3.8) is 0 Å². The third-order valence-corrected chi connectivity index (χ3v) is 8.06. The summed E-state index contributed by atoms with van der Waals surface area (Å²) >= 11 is 0. The largest absolute Gasteiger partial charge is 0.573 e. The van der Waals surface area contributed by atoms with Crippen LogP contribution in [0.15, 0.2) is 24.3 Å². The highest BCUT2D eigenvalue weighted by atomic mass is 19.4. The molecule has 0 amide bonds.